The summed E-state index contributed by atoms with van der Waals surface area (Å²) in [7, 11) is 0. The van der Waals surface area contributed by atoms with Gasteiger partial charge in [0, 0.05) is 11.8 Å². The van der Waals surface area contributed by atoms with Gasteiger partial charge in [-0.25, -0.2) is 9.59 Å². The van der Waals surface area contributed by atoms with Gasteiger partial charge in [0.05, 0.1) is 11.1 Å². The van der Waals surface area contributed by atoms with E-state index in [4.69, 9.17) is 9.47 Å². The second-order valence-electron chi connectivity index (χ2n) is 11.5. The Hall–Kier alpha value is -2.62. The third kappa shape index (κ3) is 9.98. The van der Waals surface area contributed by atoms with Crippen molar-refractivity contribution in [3.05, 3.63) is 71.8 Å². The molecule has 204 valence electrons. The third-order valence-corrected chi connectivity index (χ3v) is 7.18. The molecule has 0 aliphatic carbocycles. The molecule has 0 saturated carbocycles. The fraction of sp³-hybridized carbons (Fsp3) is 0.576. The van der Waals surface area contributed by atoms with E-state index in [0.717, 1.165) is 32.1 Å². The molecule has 0 aliphatic rings. The van der Waals surface area contributed by atoms with Crippen molar-refractivity contribution in [2.24, 2.45) is 29.6 Å². The number of rotatable bonds is 15. The van der Waals surface area contributed by atoms with E-state index < -0.39 is 0 Å². The number of esters is 2. The first-order chi connectivity index (χ1) is 17.6. The highest BCUT2D eigenvalue weighted by molar-refractivity contribution is 5.90. The number of hydrogen-bond donors (Lipinski definition) is 0. The molecule has 2 rings (SSSR count). The number of carbonyl (C=O) groups is 2. The molecule has 0 bridgehead atoms. The molecule has 0 aliphatic heterocycles. The predicted octanol–water partition coefficient (Wildman–Crippen LogP) is 8.61. The molecule has 0 radical (unpaired) electrons. The van der Waals surface area contributed by atoms with E-state index >= 15 is 0 Å². The lowest BCUT2D eigenvalue weighted by atomic mass is 9.73. The Balaban J connectivity index is 2.42. The van der Waals surface area contributed by atoms with E-state index in [2.05, 4.69) is 48.5 Å². The molecule has 0 aromatic heterocycles. The molecule has 0 spiro atoms. The summed E-state index contributed by atoms with van der Waals surface area (Å²) < 4.78 is 12.5. The van der Waals surface area contributed by atoms with Crippen molar-refractivity contribution in [3.8, 4) is 0 Å². The van der Waals surface area contributed by atoms with E-state index in [9.17, 15) is 9.59 Å². The van der Waals surface area contributed by atoms with Crippen LogP contribution in [0.25, 0.3) is 0 Å². The molecule has 37 heavy (non-hydrogen) atoms. The molecule has 4 heteroatoms. The highest BCUT2D eigenvalue weighted by Crippen LogP contribution is 2.38. The van der Waals surface area contributed by atoms with E-state index in [1.54, 1.807) is 24.3 Å². The molecule has 0 fully saturated rings. The summed E-state index contributed by atoms with van der Waals surface area (Å²) >= 11 is 0. The summed E-state index contributed by atoms with van der Waals surface area (Å²) in [6.45, 7) is 15.3. The summed E-state index contributed by atoms with van der Waals surface area (Å²) in [5.41, 5.74) is 1.13. The maximum Gasteiger partial charge on any atom is 0.338 e. The highest BCUT2D eigenvalue weighted by Gasteiger charge is 2.39. The van der Waals surface area contributed by atoms with Gasteiger partial charge in [0.25, 0.3) is 0 Å². The van der Waals surface area contributed by atoms with Crippen molar-refractivity contribution in [1.82, 2.24) is 0 Å². The van der Waals surface area contributed by atoms with Gasteiger partial charge < -0.3 is 9.47 Å². The lowest BCUT2D eigenvalue weighted by Crippen LogP contribution is -2.42. The van der Waals surface area contributed by atoms with Crippen LogP contribution in [0.1, 0.15) is 101 Å². The zero-order chi connectivity index (χ0) is 27.4. The Morgan fingerprint density at radius 3 is 1.46 bits per heavy atom. The minimum absolute atomic E-state index is 0.0855. The van der Waals surface area contributed by atoms with Crippen molar-refractivity contribution in [2.75, 3.05) is 0 Å². The molecule has 0 amide bonds. The van der Waals surface area contributed by atoms with Crippen LogP contribution < -0.4 is 0 Å². The number of benzene rings is 2. The first-order valence-corrected chi connectivity index (χ1v) is 14.2. The molecule has 4 unspecified atom stereocenters. The summed E-state index contributed by atoms with van der Waals surface area (Å²) in [6.07, 6.45) is 4.10. The average molecular weight is 509 g/mol. The topological polar surface area (TPSA) is 52.6 Å². The van der Waals surface area contributed by atoms with E-state index in [1.165, 1.54) is 0 Å². The molecule has 0 saturated heterocycles. The number of hydrogen-bond acceptors (Lipinski definition) is 4. The second-order valence-corrected chi connectivity index (χ2v) is 11.5. The minimum Gasteiger partial charge on any atom is -0.458 e. The predicted molar refractivity (Wildman–Crippen MR) is 152 cm³/mol. The highest BCUT2D eigenvalue weighted by atomic mass is 16.6. The summed E-state index contributed by atoms with van der Waals surface area (Å²) in [4.78, 5) is 26.3. The van der Waals surface area contributed by atoms with Gasteiger partial charge in [0.1, 0.15) is 12.2 Å². The lowest BCUT2D eigenvalue weighted by molar-refractivity contribution is -0.0531. The van der Waals surface area contributed by atoms with Crippen LogP contribution in [0.3, 0.4) is 0 Å². The third-order valence-electron chi connectivity index (χ3n) is 7.18. The SMILES string of the molecule is CCC(OC(=O)c1ccccc1)C(CCC(C)C)C(CCC(C)C)C(OC(=O)c1ccccc1)C(C)C. The fourth-order valence-corrected chi connectivity index (χ4v) is 5.09. The number of carbonyl (C=O) groups excluding carboxylic acids is 2. The summed E-state index contributed by atoms with van der Waals surface area (Å²) in [5, 5.41) is 0. The van der Waals surface area contributed by atoms with Gasteiger partial charge in [-0.05, 0) is 61.3 Å². The van der Waals surface area contributed by atoms with Crippen molar-refractivity contribution >= 4 is 11.9 Å². The van der Waals surface area contributed by atoms with Gasteiger partial charge >= 0.3 is 11.9 Å². The van der Waals surface area contributed by atoms with Gasteiger partial charge in [-0.15, -0.1) is 0 Å². The van der Waals surface area contributed by atoms with Gasteiger partial charge in [-0.1, -0.05) is 97.7 Å². The van der Waals surface area contributed by atoms with Crippen LogP contribution in [-0.4, -0.2) is 24.1 Å². The minimum atomic E-state index is -0.286. The van der Waals surface area contributed by atoms with Crippen LogP contribution in [-0.2, 0) is 9.47 Å². The Morgan fingerprint density at radius 2 is 1.05 bits per heavy atom. The molecule has 2 aromatic rings. The van der Waals surface area contributed by atoms with Crippen molar-refractivity contribution < 1.29 is 19.1 Å². The van der Waals surface area contributed by atoms with Crippen molar-refractivity contribution in [3.63, 3.8) is 0 Å². The maximum atomic E-state index is 13.2. The van der Waals surface area contributed by atoms with Gasteiger partial charge in [-0.2, -0.15) is 0 Å². The Morgan fingerprint density at radius 1 is 0.622 bits per heavy atom. The molecule has 4 nitrogen and oxygen atoms in total. The largest absolute Gasteiger partial charge is 0.458 e. The second kappa shape index (κ2) is 15.6. The first kappa shape index (κ1) is 30.6. The molecule has 2 aromatic carbocycles. The number of ether oxygens (including phenoxy) is 2. The fourth-order valence-electron chi connectivity index (χ4n) is 5.09. The molecule has 0 heterocycles. The van der Waals surface area contributed by atoms with E-state index in [-0.39, 0.29) is 41.9 Å². The Kier molecular flexibility index (Phi) is 12.9. The quantitative estimate of drug-likeness (QED) is 0.226. The van der Waals surface area contributed by atoms with Crippen LogP contribution in [0.15, 0.2) is 60.7 Å². The van der Waals surface area contributed by atoms with Crippen molar-refractivity contribution in [1.29, 1.82) is 0 Å². The lowest BCUT2D eigenvalue weighted by Gasteiger charge is -2.39. The normalized spacial score (nSPS) is 14.9. The molecule has 0 N–H and O–H groups in total. The smallest absolute Gasteiger partial charge is 0.338 e. The van der Waals surface area contributed by atoms with Crippen LogP contribution in [0.2, 0.25) is 0 Å². The summed E-state index contributed by atoms with van der Waals surface area (Å²) in [6, 6.07) is 18.4. The van der Waals surface area contributed by atoms with Crippen LogP contribution >= 0.6 is 0 Å². The molecular weight excluding hydrogens is 460 g/mol. The van der Waals surface area contributed by atoms with E-state index in [1.807, 2.05) is 36.4 Å². The zero-order valence-corrected chi connectivity index (χ0v) is 24.0. The average Bonchev–Trinajstić information content (AvgIpc) is 2.88. The van der Waals surface area contributed by atoms with Crippen LogP contribution in [0, 0.1) is 29.6 Å². The zero-order valence-electron chi connectivity index (χ0n) is 24.0. The Bertz CT molecular complexity index is 920. The van der Waals surface area contributed by atoms with Gasteiger partial charge in [0.15, 0.2) is 0 Å². The van der Waals surface area contributed by atoms with Crippen LogP contribution in [0.5, 0.6) is 0 Å². The molecule has 4 atom stereocenters. The molecular formula is C33H48O4. The standard InChI is InChI=1S/C33H48O4/c1-8-30(36-32(34)26-15-11-9-12-16-26)28(21-19-23(2)3)29(22-20-24(4)5)31(25(6)7)37-33(35)27-17-13-10-14-18-27/h9-18,23-25,28-31H,8,19-22H2,1-7H3. The monoisotopic (exact) mass is 508 g/mol. The summed E-state index contributed by atoms with van der Waals surface area (Å²) in [5.74, 6) is 0.793. The first-order valence-electron chi connectivity index (χ1n) is 14.2. The van der Waals surface area contributed by atoms with Gasteiger partial charge in [0.2, 0.25) is 0 Å². The van der Waals surface area contributed by atoms with Crippen molar-refractivity contribution in [2.45, 2.75) is 92.8 Å². The van der Waals surface area contributed by atoms with E-state index in [0.29, 0.717) is 23.0 Å². The van der Waals surface area contributed by atoms with Gasteiger partial charge in [-0.3, -0.25) is 0 Å². The van der Waals surface area contributed by atoms with Crippen LogP contribution in [0.4, 0.5) is 0 Å². The Labute approximate surface area is 225 Å². The maximum absolute atomic E-state index is 13.2.